The first-order valence-electron chi connectivity index (χ1n) is 7.30. The van der Waals surface area contributed by atoms with Crippen molar-refractivity contribution in [2.24, 2.45) is 0 Å². The number of carboxylic acids is 1. The van der Waals surface area contributed by atoms with Crippen molar-refractivity contribution in [3.05, 3.63) is 11.7 Å². The van der Waals surface area contributed by atoms with Crippen LogP contribution in [0.1, 0.15) is 57.2 Å². The van der Waals surface area contributed by atoms with Gasteiger partial charge in [0.25, 0.3) is 0 Å². The van der Waals surface area contributed by atoms with E-state index in [0.717, 1.165) is 32.1 Å². The average molecular weight is 281 g/mol. The molecule has 0 spiro atoms. The van der Waals surface area contributed by atoms with Gasteiger partial charge in [0.15, 0.2) is 5.82 Å². The lowest BCUT2D eigenvalue weighted by molar-refractivity contribution is -0.141. The highest BCUT2D eigenvalue weighted by molar-refractivity contribution is 5.68. The van der Waals surface area contributed by atoms with E-state index < -0.39 is 5.97 Å². The van der Waals surface area contributed by atoms with E-state index in [1.807, 2.05) is 14.0 Å². The van der Waals surface area contributed by atoms with Crippen LogP contribution in [0.5, 0.6) is 0 Å². The van der Waals surface area contributed by atoms with Crippen LogP contribution in [0.4, 0.5) is 0 Å². The maximum Gasteiger partial charge on any atom is 0.305 e. The van der Waals surface area contributed by atoms with Crippen molar-refractivity contribution in [3.8, 4) is 0 Å². The molecule has 1 heterocycles. The lowest BCUT2D eigenvalue weighted by atomic mass is 9.78. The van der Waals surface area contributed by atoms with E-state index in [1.54, 1.807) is 0 Å². The first kappa shape index (κ1) is 15.0. The summed E-state index contributed by atoms with van der Waals surface area (Å²) in [7, 11) is 1.97. The molecule has 0 amide bonds. The fourth-order valence-electron chi connectivity index (χ4n) is 3.06. The van der Waals surface area contributed by atoms with Crippen LogP contribution in [0.25, 0.3) is 0 Å². The molecule has 1 N–H and O–H groups in total. The fraction of sp³-hybridized carbons (Fsp3) is 0.786. The van der Waals surface area contributed by atoms with Gasteiger partial charge in [0.2, 0.25) is 5.89 Å². The van der Waals surface area contributed by atoms with Crippen molar-refractivity contribution in [2.75, 3.05) is 7.05 Å². The number of aromatic nitrogens is 2. The molecule has 1 aromatic heterocycles. The van der Waals surface area contributed by atoms with Crippen LogP contribution in [0, 0.1) is 0 Å². The van der Waals surface area contributed by atoms with Gasteiger partial charge >= 0.3 is 5.97 Å². The van der Waals surface area contributed by atoms with Crippen LogP contribution in [-0.2, 0) is 17.8 Å². The molecule has 0 saturated heterocycles. The van der Waals surface area contributed by atoms with Crippen LogP contribution < -0.4 is 0 Å². The molecule has 1 aliphatic rings. The van der Waals surface area contributed by atoms with Gasteiger partial charge in [0.1, 0.15) is 0 Å². The summed E-state index contributed by atoms with van der Waals surface area (Å²) < 4.78 is 5.11. The molecule has 1 aliphatic carbocycles. The van der Waals surface area contributed by atoms with E-state index in [1.165, 1.54) is 6.42 Å². The summed E-state index contributed by atoms with van der Waals surface area (Å²) in [5.41, 5.74) is -0.267. The van der Waals surface area contributed by atoms with Crippen molar-refractivity contribution in [2.45, 2.75) is 64.0 Å². The lowest BCUT2D eigenvalue weighted by Gasteiger charge is -2.43. The normalized spacial score (nSPS) is 18.4. The Kier molecular flexibility index (Phi) is 4.75. The van der Waals surface area contributed by atoms with Gasteiger partial charge in [-0.15, -0.1) is 0 Å². The van der Waals surface area contributed by atoms with Crippen molar-refractivity contribution < 1.29 is 14.4 Å². The van der Waals surface area contributed by atoms with Crippen LogP contribution in [0.3, 0.4) is 0 Å². The van der Waals surface area contributed by atoms with Gasteiger partial charge in [0.05, 0.1) is 13.0 Å². The third kappa shape index (κ3) is 3.36. The van der Waals surface area contributed by atoms with Gasteiger partial charge in [-0.05, 0) is 19.9 Å². The van der Waals surface area contributed by atoms with Crippen molar-refractivity contribution in [1.29, 1.82) is 0 Å². The highest BCUT2D eigenvalue weighted by Crippen LogP contribution is 2.36. The molecule has 20 heavy (non-hydrogen) atoms. The number of carboxylic acid groups (broad SMARTS) is 1. The molecule has 1 saturated carbocycles. The molecule has 0 bridgehead atoms. The zero-order chi connectivity index (χ0) is 14.6. The van der Waals surface area contributed by atoms with E-state index in [0.29, 0.717) is 18.3 Å². The van der Waals surface area contributed by atoms with Crippen molar-refractivity contribution in [3.63, 3.8) is 0 Å². The minimum Gasteiger partial charge on any atom is -0.481 e. The third-order valence-corrected chi connectivity index (χ3v) is 4.27. The van der Waals surface area contributed by atoms with E-state index in [9.17, 15) is 9.90 Å². The van der Waals surface area contributed by atoms with Gasteiger partial charge in [-0.2, -0.15) is 4.98 Å². The van der Waals surface area contributed by atoms with Crippen molar-refractivity contribution in [1.82, 2.24) is 15.0 Å². The Balaban J connectivity index is 2.09. The number of aliphatic carboxylic acids is 1. The van der Waals surface area contributed by atoms with Crippen molar-refractivity contribution >= 4 is 5.97 Å². The number of rotatable bonds is 6. The third-order valence-electron chi connectivity index (χ3n) is 4.27. The highest BCUT2D eigenvalue weighted by Gasteiger charge is 2.38. The Morgan fingerprint density at radius 2 is 2.10 bits per heavy atom. The van der Waals surface area contributed by atoms with Gasteiger partial charge in [-0.3, -0.25) is 9.69 Å². The molecule has 1 fully saturated rings. The van der Waals surface area contributed by atoms with Gasteiger partial charge in [-0.25, -0.2) is 0 Å². The van der Waals surface area contributed by atoms with Gasteiger partial charge in [-0.1, -0.05) is 31.3 Å². The van der Waals surface area contributed by atoms with Crippen LogP contribution >= 0.6 is 0 Å². The number of hydrogen-bond acceptors (Lipinski definition) is 5. The van der Waals surface area contributed by atoms with E-state index >= 15 is 0 Å². The molecule has 2 rings (SSSR count). The van der Waals surface area contributed by atoms with Crippen LogP contribution in [0.15, 0.2) is 4.52 Å². The second-order valence-electron chi connectivity index (χ2n) is 5.67. The molecular formula is C14H23N3O3. The number of aryl methyl sites for hydroxylation is 1. The molecule has 6 nitrogen and oxygen atoms in total. The Bertz CT molecular complexity index is 452. The van der Waals surface area contributed by atoms with E-state index in [-0.39, 0.29) is 12.0 Å². The molecule has 0 unspecified atom stereocenters. The molecular weight excluding hydrogens is 258 g/mol. The molecule has 0 aliphatic heterocycles. The summed E-state index contributed by atoms with van der Waals surface area (Å²) in [4.78, 5) is 17.6. The number of nitrogens with zero attached hydrogens (tertiary/aromatic N) is 3. The Morgan fingerprint density at radius 3 is 2.65 bits per heavy atom. The number of hydrogen-bond donors (Lipinski definition) is 1. The van der Waals surface area contributed by atoms with Crippen LogP contribution in [-0.4, -0.2) is 38.7 Å². The summed E-state index contributed by atoms with van der Waals surface area (Å²) in [6.07, 6.45) is 6.12. The van der Waals surface area contributed by atoms with Crippen LogP contribution in [0.2, 0.25) is 0 Å². The largest absolute Gasteiger partial charge is 0.481 e. The molecule has 0 aromatic carbocycles. The zero-order valence-electron chi connectivity index (χ0n) is 12.3. The first-order chi connectivity index (χ1) is 9.55. The summed E-state index contributed by atoms with van der Waals surface area (Å²) >= 11 is 0. The maximum absolute atomic E-state index is 11.2. The minimum absolute atomic E-state index is 0.183. The quantitative estimate of drug-likeness (QED) is 0.861. The highest BCUT2D eigenvalue weighted by atomic mass is 16.5. The van der Waals surface area contributed by atoms with Gasteiger partial charge < -0.3 is 9.63 Å². The predicted molar refractivity (Wildman–Crippen MR) is 73.2 cm³/mol. The molecule has 0 atom stereocenters. The predicted octanol–water partition coefficient (Wildman–Crippen LogP) is 2.24. The van der Waals surface area contributed by atoms with E-state index in [2.05, 4.69) is 15.0 Å². The second-order valence-corrected chi connectivity index (χ2v) is 5.67. The monoisotopic (exact) mass is 281 g/mol. The Hall–Kier alpha value is -1.43. The Labute approximate surface area is 119 Å². The summed E-state index contributed by atoms with van der Waals surface area (Å²) in [5.74, 6) is 0.533. The summed E-state index contributed by atoms with van der Waals surface area (Å²) in [5, 5.41) is 13.2. The summed E-state index contributed by atoms with van der Waals surface area (Å²) in [6.45, 7) is 2.50. The SMILES string of the molecule is CCc1nc(CN(C)C2(CC(=O)O)CCCCC2)no1. The standard InChI is InChI=1S/C14H23N3O3/c1-3-12-15-11(16-20-12)10-17(2)14(9-13(18)19)7-5-4-6-8-14/h3-10H2,1-2H3,(H,18,19). The zero-order valence-corrected chi connectivity index (χ0v) is 12.3. The first-order valence-corrected chi connectivity index (χ1v) is 7.30. The molecule has 1 aromatic rings. The topological polar surface area (TPSA) is 79.5 Å². The maximum atomic E-state index is 11.2. The van der Waals surface area contributed by atoms with Gasteiger partial charge in [0, 0.05) is 12.0 Å². The Morgan fingerprint density at radius 1 is 1.40 bits per heavy atom. The second kappa shape index (κ2) is 6.35. The lowest BCUT2D eigenvalue weighted by Crippen LogP contribution is -2.49. The van der Waals surface area contributed by atoms with E-state index in [4.69, 9.17) is 4.52 Å². The smallest absolute Gasteiger partial charge is 0.305 e. The average Bonchev–Trinajstić information content (AvgIpc) is 2.86. The molecule has 6 heteroatoms. The number of carbonyl (C=O) groups is 1. The summed E-state index contributed by atoms with van der Waals surface area (Å²) in [6, 6.07) is 0. The molecule has 0 radical (unpaired) electrons. The fourth-order valence-corrected chi connectivity index (χ4v) is 3.06. The minimum atomic E-state index is -0.735. The molecule has 112 valence electrons.